The van der Waals surface area contributed by atoms with E-state index in [1.165, 1.54) is 0 Å². The second kappa shape index (κ2) is 5.16. The highest BCUT2D eigenvalue weighted by Gasteiger charge is 2.28. The molecule has 0 bridgehead atoms. The highest BCUT2D eigenvalue weighted by atomic mass is 14.4. The van der Waals surface area contributed by atoms with E-state index in [9.17, 15) is 0 Å². The first kappa shape index (κ1) is 10.5. The molecule has 3 nitrogen and oxygen atoms in total. The number of rotatable bonds is 4. The summed E-state index contributed by atoms with van der Waals surface area (Å²) >= 11 is 0. The molecule has 0 aromatic heterocycles. The van der Waals surface area contributed by atoms with Crippen molar-refractivity contribution in [1.82, 2.24) is 0 Å². The van der Waals surface area contributed by atoms with Gasteiger partial charge in [-0.15, -0.1) is 0 Å². The van der Waals surface area contributed by atoms with Crippen LogP contribution in [0.3, 0.4) is 0 Å². The zero-order chi connectivity index (χ0) is 9.45. The van der Waals surface area contributed by atoms with Crippen molar-refractivity contribution < 1.29 is 0 Å². The van der Waals surface area contributed by atoms with Gasteiger partial charge in [-0.1, -0.05) is 19.8 Å². The fourth-order valence-electron chi connectivity index (χ4n) is 0.883. The van der Waals surface area contributed by atoms with E-state index in [-0.39, 0.29) is 0 Å². The zero-order valence-corrected chi connectivity index (χ0v) is 7.17. The predicted octanol–water partition coefficient (Wildman–Crippen LogP) is 2.12. The minimum Gasteiger partial charge on any atom is -0.195 e. The third kappa shape index (κ3) is 2.60. The first-order chi connectivity index (χ1) is 5.74. The van der Waals surface area contributed by atoms with Gasteiger partial charge in [0, 0.05) is 0 Å². The van der Waals surface area contributed by atoms with E-state index < -0.39 is 5.41 Å². The minimum absolute atomic E-state index is 0.365. The largest absolute Gasteiger partial charge is 0.228 e. The Labute approximate surface area is 72.8 Å². The summed E-state index contributed by atoms with van der Waals surface area (Å²) in [6.45, 7) is 2.03. The molecule has 0 N–H and O–H groups in total. The number of nitriles is 3. The van der Waals surface area contributed by atoms with Crippen molar-refractivity contribution in [3.05, 3.63) is 0 Å². The molecule has 0 fully saturated rings. The lowest BCUT2D eigenvalue weighted by Gasteiger charge is -2.06. The van der Waals surface area contributed by atoms with Crippen LogP contribution < -0.4 is 0 Å². The maximum absolute atomic E-state index is 8.58. The van der Waals surface area contributed by atoms with Crippen molar-refractivity contribution in [2.75, 3.05) is 0 Å². The fraction of sp³-hybridized carbons (Fsp3) is 0.667. The van der Waals surface area contributed by atoms with E-state index in [1.807, 2.05) is 6.92 Å². The Balaban J connectivity index is 4.11. The number of hydrogen-bond acceptors (Lipinski definition) is 3. The molecule has 0 aliphatic carbocycles. The van der Waals surface area contributed by atoms with Crippen molar-refractivity contribution in [2.24, 2.45) is 5.41 Å². The summed E-state index contributed by atoms with van der Waals surface area (Å²) in [6.07, 6.45) is 3.13. The molecule has 0 unspecified atom stereocenters. The molecule has 0 saturated carbocycles. The van der Waals surface area contributed by atoms with E-state index in [4.69, 9.17) is 15.8 Å². The van der Waals surface area contributed by atoms with Crippen molar-refractivity contribution in [3.63, 3.8) is 0 Å². The van der Waals surface area contributed by atoms with Gasteiger partial charge in [0.1, 0.15) is 18.2 Å². The maximum Gasteiger partial charge on any atom is 0.228 e. The highest BCUT2D eigenvalue weighted by molar-refractivity contribution is 5.25. The SMILES string of the molecule is CCCCCC(C#N)(C#N)C#N. The predicted molar refractivity (Wildman–Crippen MR) is 43.4 cm³/mol. The molecular formula is C9H11N3. The molecule has 0 spiro atoms. The third-order valence-electron chi connectivity index (χ3n) is 1.73. The molecule has 0 radical (unpaired) electrons. The molecule has 0 aliphatic rings. The standard InChI is InChI=1S/C9H11N3/c1-2-3-4-5-9(6-10,7-11)8-12/h2-5H2,1H3. The fourth-order valence-corrected chi connectivity index (χ4v) is 0.883. The quantitative estimate of drug-likeness (QED) is 0.593. The van der Waals surface area contributed by atoms with Crippen molar-refractivity contribution in [2.45, 2.75) is 32.6 Å². The van der Waals surface area contributed by atoms with Crippen LogP contribution in [0.2, 0.25) is 0 Å². The van der Waals surface area contributed by atoms with Gasteiger partial charge in [0.05, 0.1) is 0 Å². The summed E-state index contributed by atoms with van der Waals surface area (Å²) in [4.78, 5) is 0. The Bertz CT molecular complexity index is 212. The average molecular weight is 161 g/mol. The maximum atomic E-state index is 8.58. The summed E-state index contributed by atoms with van der Waals surface area (Å²) in [7, 11) is 0. The van der Waals surface area contributed by atoms with Gasteiger partial charge in [-0.3, -0.25) is 0 Å². The molecule has 0 saturated heterocycles. The number of unbranched alkanes of at least 4 members (excludes halogenated alkanes) is 2. The second-order valence-electron chi connectivity index (χ2n) is 2.70. The van der Waals surface area contributed by atoms with Gasteiger partial charge in [-0.05, 0) is 12.8 Å². The Hall–Kier alpha value is -1.53. The van der Waals surface area contributed by atoms with Crippen molar-refractivity contribution in [3.8, 4) is 18.2 Å². The second-order valence-corrected chi connectivity index (χ2v) is 2.70. The lowest BCUT2D eigenvalue weighted by atomic mass is 9.87. The van der Waals surface area contributed by atoms with Crippen LogP contribution in [0, 0.1) is 39.4 Å². The minimum atomic E-state index is -1.41. The highest BCUT2D eigenvalue weighted by Crippen LogP contribution is 2.21. The first-order valence-corrected chi connectivity index (χ1v) is 3.98. The third-order valence-corrected chi connectivity index (χ3v) is 1.73. The Morgan fingerprint density at radius 1 is 1.00 bits per heavy atom. The molecule has 0 heterocycles. The summed E-state index contributed by atoms with van der Waals surface area (Å²) in [6, 6.07) is 5.25. The molecule has 0 aliphatic heterocycles. The van der Waals surface area contributed by atoms with Gasteiger partial charge in [0.25, 0.3) is 0 Å². The van der Waals surface area contributed by atoms with Gasteiger partial charge in [-0.25, -0.2) is 0 Å². The van der Waals surface area contributed by atoms with E-state index in [0.717, 1.165) is 19.3 Å². The molecule has 62 valence electrons. The van der Waals surface area contributed by atoms with E-state index in [1.54, 1.807) is 18.2 Å². The van der Waals surface area contributed by atoms with Crippen molar-refractivity contribution >= 4 is 0 Å². The summed E-state index contributed by atoms with van der Waals surface area (Å²) in [5.41, 5.74) is -1.41. The lowest BCUT2D eigenvalue weighted by Crippen LogP contribution is -2.12. The molecule has 0 aromatic carbocycles. The summed E-state index contributed by atoms with van der Waals surface area (Å²) in [5.74, 6) is 0. The molecule has 3 heteroatoms. The van der Waals surface area contributed by atoms with Crippen LogP contribution in [0.15, 0.2) is 0 Å². The zero-order valence-electron chi connectivity index (χ0n) is 7.17. The average Bonchev–Trinajstić information content (AvgIpc) is 2.14. The molecule has 0 amide bonds. The summed E-state index contributed by atoms with van der Waals surface area (Å²) in [5, 5.41) is 25.7. The Morgan fingerprint density at radius 2 is 1.50 bits per heavy atom. The van der Waals surface area contributed by atoms with Gasteiger partial charge in [0.15, 0.2) is 0 Å². The van der Waals surface area contributed by atoms with E-state index in [0.29, 0.717) is 6.42 Å². The van der Waals surface area contributed by atoms with Crippen LogP contribution in [-0.4, -0.2) is 0 Å². The van der Waals surface area contributed by atoms with Crippen LogP contribution in [-0.2, 0) is 0 Å². The van der Waals surface area contributed by atoms with Gasteiger partial charge in [-0.2, -0.15) is 15.8 Å². The smallest absolute Gasteiger partial charge is 0.195 e. The normalized spacial score (nSPS) is 9.50. The topological polar surface area (TPSA) is 71.4 Å². The van der Waals surface area contributed by atoms with E-state index in [2.05, 4.69) is 0 Å². The molecule has 12 heavy (non-hydrogen) atoms. The number of hydrogen-bond donors (Lipinski definition) is 0. The molecule has 0 rings (SSSR count). The Morgan fingerprint density at radius 3 is 1.83 bits per heavy atom. The van der Waals surface area contributed by atoms with Crippen LogP contribution >= 0.6 is 0 Å². The van der Waals surface area contributed by atoms with Crippen molar-refractivity contribution in [1.29, 1.82) is 15.8 Å². The van der Waals surface area contributed by atoms with Gasteiger partial charge >= 0.3 is 0 Å². The van der Waals surface area contributed by atoms with Crippen LogP contribution in [0.25, 0.3) is 0 Å². The molecule has 0 aromatic rings. The summed E-state index contributed by atoms with van der Waals surface area (Å²) < 4.78 is 0. The first-order valence-electron chi connectivity index (χ1n) is 3.98. The van der Waals surface area contributed by atoms with Crippen LogP contribution in [0.5, 0.6) is 0 Å². The molecular weight excluding hydrogens is 150 g/mol. The number of nitrogens with zero attached hydrogens (tertiary/aromatic N) is 3. The monoisotopic (exact) mass is 161 g/mol. The van der Waals surface area contributed by atoms with Crippen LogP contribution in [0.1, 0.15) is 32.6 Å². The Kier molecular flexibility index (Phi) is 4.51. The van der Waals surface area contributed by atoms with Gasteiger partial charge < -0.3 is 0 Å². The molecule has 0 atom stereocenters. The van der Waals surface area contributed by atoms with Gasteiger partial charge in [0.2, 0.25) is 5.41 Å². The lowest BCUT2D eigenvalue weighted by molar-refractivity contribution is 0.546. The van der Waals surface area contributed by atoms with Crippen LogP contribution in [0.4, 0.5) is 0 Å². The van der Waals surface area contributed by atoms with E-state index >= 15 is 0 Å².